The molecule has 0 bridgehead atoms. The van der Waals surface area contributed by atoms with Gasteiger partial charge in [0.05, 0.1) is 13.2 Å². The zero-order valence-corrected chi connectivity index (χ0v) is 12.6. The Balaban J connectivity index is 1.73. The van der Waals surface area contributed by atoms with Crippen molar-refractivity contribution < 1.29 is 13.9 Å². The summed E-state index contributed by atoms with van der Waals surface area (Å²) < 4.78 is 18.7. The maximum Gasteiger partial charge on any atom is 0.254 e. The van der Waals surface area contributed by atoms with Gasteiger partial charge in [0, 0.05) is 17.1 Å². The Hall–Kier alpha value is -1.91. The van der Waals surface area contributed by atoms with Crippen molar-refractivity contribution >= 4 is 17.5 Å². The fourth-order valence-electron chi connectivity index (χ4n) is 2.49. The minimum atomic E-state index is -0.284. The van der Waals surface area contributed by atoms with Crippen LogP contribution in [0.15, 0.2) is 48.5 Å². The third-order valence-corrected chi connectivity index (χ3v) is 3.94. The number of benzene rings is 2. The summed E-state index contributed by atoms with van der Waals surface area (Å²) in [5.74, 6) is -0.333. The molecule has 0 N–H and O–H groups in total. The molecule has 0 aliphatic carbocycles. The highest BCUT2D eigenvalue weighted by molar-refractivity contribution is 6.30. The van der Waals surface area contributed by atoms with Gasteiger partial charge in [-0.3, -0.25) is 4.79 Å². The third-order valence-electron chi connectivity index (χ3n) is 3.69. The number of amides is 1. The van der Waals surface area contributed by atoms with Crippen LogP contribution >= 0.6 is 11.6 Å². The number of hydrogen-bond donors (Lipinski definition) is 0. The Kier molecular flexibility index (Phi) is 4.41. The highest BCUT2D eigenvalue weighted by Gasteiger charge is 2.26. The van der Waals surface area contributed by atoms with E-state index in [2.05, 4.69) is 0 Å². The summed E-state index contributed by atoms with van der Waals surface area (Å²) in [6, 6.07) is 13.0. The van der Waals surface area contributed by atoms with Crippen LogP contribution in [0.5, 0.6) is 0 Å². The summed E-state index contributed by atoms with van der Waals surface area (Å²) in [5.41, 5.74) is 1.47. The first-order chi connectivity index (χ1) is 10.6. The van der Waals surface area contributed by atoms with Crippen LogP contribution in [-0.2, 0) is 4.74 Å². The maximum absolute atomic E-state index is 13.0. The van der Waals surface area contributed by atoms with Crippen LogP contribution in [0.1, 0.15) is 22.0 Å². The van der Waals surface area contributed by atoms with Crippen molar-refractivity contribution in [3.8, 4) is 0 Å². The van der Waals surface area contributed by atoms with Gasteiger partial charge in [-0.25, -0.2) is 4.39 Å². The largest absolute Gasteiger partial charge is 0.370 e. The minimum absolute atomic E-state index is 0.0490. The lowest BCUT2D eigenvalue weighted by Crippen LogP contribution is -2.42. The van der Waals surface area contributed by atoms with Crippen LogP contribution in [0, 0.1) is 5.82 Å². The summed E-state index contributed by atoms with van der Waals surface area (Å²) in [5, 5.41) is 0.600. The quantitative estimate of drug-likeness (QED) is 0.845. The van der Waals surface area contributed by atoms with Gasteiger partial charge in [-0.05, 0) is 42.0 Å². The second kappa shape index (κ2) is 6.46. The van der Waals surface area contributed by atoms with Crippen molar-refractivity contribution in [1.29, 1.82) is 0 Å². The topological polar surface area (TPSA) is 29.5 Å². The van der Waals surface area contributed by atoms with E-state index in [-0.39, 0.29) is 17.8 Å². The van der Waals surface area contributed by atoms with E-state index in [1.807, 2.05) is 0 Å². The summed E-state index contributed by atoms with van der Waals surface area (Å²) >= 11 is 5.84. The fourth-order valence-corrected chi connectivity index (χ4v) is 2.61. The summed E-state index contributed by atoms with van der Waals surface area (Å²) in [6.07, 6.45) is -0.231. The molecule has 1 amide bonds. The SMILES string of the molecule is O=C(c1ccc(Cl)cc1)N1CCOC(c2ccc(F)cc2)C1. The van der Waals surface area contributed by atoms with Gasteiger partial charge in [0.1, 0.15) is 11.9 Å². The van der Waals surface area contributed by atoms with Gasteiger partial charge in [-0.15, -0.1) is 0 Å². The van der Waals surface area contributed by atoms with Gasteiger partial charge in [-0.2, -0.15) is 0 Å². The molecule has 0 spiro atoms. The molecule has 1 heterocycles. The lowest BCUT2D eigenvalue weighted by molar-refractivity contribution is -0.0228. The molecule has 22 heavy (non-hydrogen) atoms. The summed E-state index contributed by atoms with van der Waals surface area (Å²) in [6.45, 7) is 1.45. The Morgan fingerprint density at radius 3 is 2.50 bits per heavy atom. The zero-order valence-electron chi connectivity index (χ0n) is 11.8. The van der Waals surface area contributed by atoms with Gasteiger partial charge in [0.25, 0.3) is 5.91 Å². The molecule has 0 radical (unpaired) electrons. The molecule has 0 aromatic heterocycles. The van der Waals surface area contributed by atoms with Gasteiger partial charge >= 0.3 is 0 Å². The van der Waals surface area contributed by atoms with E-state index in [1.54, 1.807) is 41.3 Å². The molecule has 3 rings (SSSR count). The van der Waals surface area contributed by atoms with Crippen molar-refractivity contribution in [2.45, 2.75) is 6.10 Å². The van der Waals surface area contributed by atoms with E-state index in [9.17, 15) is 9.18 Å². The highest BCUT2D eigenvalue weighted by Crippen LogP contribution is 2.23. The van der Waals surface area contributed by atoms with Gasteiger partial charge in [0.2, 0.25) is 0 Å². The molecule has 1 aliphatic heterocycles. The van der Waals surface area contributed by atoms with Gasteiger partial charge in [0.15, 0.2) is 0 Å². The standard InChI is InChI=1S/C17H15ClFNO2/c18-14-5-1-13(2-6-14)17(21)20-9-10-22-16(11-20)12-3-7-15(19)8-4-12/h1-8,16H,9-11H2. The average Bonchev–Trinajstić information content (AvgIpc) is 2.56. The first-order valence-electron chi connectivity index (χ1n) is 7.05. The Morgan fingerprint density at radius 2 is 1.82 bits per heavy atom. The predicted octanol–water partition coefficient (Wildman–Crippen LogP) is 3.69. The lowest BCUT2D eigenvalue weighted by Gasteiger charge is -2.33. The molecule has 1 fully saturated rings. The van der Waals surface area contributed by atoms with E-state index in [4.69, 9.17) is 16.3 Å². The zero-order chi connectivity index (χ0) is 15.5. The molecule has 1 aliphatic rings. The summed E-state index contributed by atoms with van der Waals surface area (Å²) in [7, 11) is 0. The number of hydrogen-bond acceptors (Lipinski definition) is 2. The molecular weight excluding hydrogens is 305 g/mol. The first-order valence-corrected chi connectivity index (χ1v) is 7.43. The molecule has 3 nitrogen and oxygen atoms in total. The first kappa shape index (κ1) is 15.0. The number of rotatable bonds is 2. The molecule has 1 atom stereocenters. The molecule has 1 saturated heterocycles. The van der Waals surface area contributed by atoms with Crippen LogP contribution in [0.2, 0.25) is 5.02 Å². The second-order valence-electron chi connectivity index (χ2n) is 5.17. The molecule has 1 unspecified atom stereocenters. The van der Waals surface area contributed by atoms with Crippen LogP contribution < -0.4 is 0 Å². The number of carbonyl (C=O) groups excluding carboxylic acids is 1. The molecule has 114 valence electrons. The van der Waals surface area contributed by atoms with E-state index in [1.165, 1.54) is 12.1 Å². The second-order valence-corrected chi connectivity index (χ2v) is 5.61. The lowest BCUT2D eigenvalue weighted by atomic mass is 10.1. The van der Waals surface area contributed by atoms with Gasteiger partial charge in [-0.1, -0.05) is 23.7 Å². The van der Waals surface area contributed by atoms with Crippen LogP contribution in [0.3, 0.4) is 0 Å². The monoisotopic (exact) mass is 319 g/mol. The molecule has 5 heteroatoms. The van der Waals surface area contributed by atoms with Crippen molar-refractivity contribution in [2.75, 3.05) is 19.7 Å². The van der Waals surface area contributed by atoms with E-state index >= 15 is 0 Å². The Labute approximate surface area is 133 Å². The van der Waals surface area contributed by atoms with Crippen LogP contribution in [-0.4, -0.2) is 30.5 Å². The normalized spacial score (nSPS) is 18.3. The van der Waals surface area contributed by atoms with E-state index < -0.39 is 0 Å². The molecular formula is C17H15ClFNO2. The fraction of sp³-hybridized carbons (Fsp3) is 0.235. The number of nitrogens with zero attached hydrogens (tertiary/aromatic N) is 1. The van der Waals surface area contributed by atoms with Gasteiger partial charge < -0.3 is 9.64 Å². The predicted molar refractivity (Wildman–Crippen MR) is 82.4 cm³/mol. The van der Waals surface area contributed by atoms with Crippen molar-refractivity contribution in [3.63, 3.8) is 0 Å². The molecule has 2 aromatic rings. The van der Waals surface area contributed by atoms with Crippen molar-refractivity contribution in [3.05, 3.63) is 70.5 Å². The number of morpholine rings is 1. The van der Waals surface area contributed by atoms with Crippen LogP contribution in [0.4, 0.5) is 4.39 Å². The van der Waals surface area contributed by atoms with Crippen LogP contribution in [0.25, 0.3) is 0 Å². The summed E-state index contributed by atoms with van der Waals surface area (Å²) in [4.78, 5) is 14.3. The Bertz CT molecular complexity index is 657. The van der Waals surface area contributed by atoms with E-state index in [0.717, 1.165) is 5.56 Å². The van der Waals surface area contributed by atoms with E-state index in [0.29, 0.717) is 30.3 Å². The number of carbonyl (C=O) groups is 1. The van der Waals surface area contributed by atoms with Crippen molar-refractivity contribution in [1.82, 2.24) is 4.90 Å². The molecule has 2 aromatic carbocycles. The number of ether oxygens (including phenoxy) is 1. The smallest absolute Gasteiger partial charge is 0.254 e. The van der Waals surface area contributed by atoms with Crippen molar-refractivity contribution in [2.24, 2.45) is 0 Å². The minimum Gasteiger partial charge on any atom is -0.370 e. The Morgan fingerprint density at radius 1 is 1.14 bits per heavy atom. The number of halogens is 2. The third kappa shape index (κ3) is 3.29. The average molecular weight is 320 g/mol. The maximum atomic E-state index is 13.0. The highest BCUT2D eigenvalue weighted by atomic mass is 35.5. The molecule has 0 saturated carbocycles.